The number of ether oxygens (including phenoxy) is 1. The third-order valence-electron chi connectivity index (χ3n) is 18.9. The molecule has 3 aliphatic heterocycles. The van der Waals surface area contributed by atoms with E-state index in [4.69, 9.17) is 9.07 Å². The summed E-state index contributed by atoms with van der Waals surface area (Å²) in [4.78, 5) is 38.9. The summed E-state index contributed by atoms with van der Waals surface area (Å²) in [6, 6.07) is 3.42. The topological polar surface area (TPSA) is 200 Å². The Bertz CT molecular complexity index is 2270. The van der Waals surface area contributed by atoms with Crippen molar-refractivity contribution in [3.63, 3.8) is 0 Å². The Hall–Kier alpha value is 0.263. The minimum atomic E-state index is -4.40. The molecule has 5 rings (SSSR count). The molecule has 6 atom stereocenters. The molecule has 2 saturated heterocycles. The number of carbonyl (C=O) groups is 2. The van der Waals surface area contributed by atoms with Crippen LogP contribution in [-0.4, -0.2) is 209 Å². The fourth-order valence-corrected chi connectivity index (χ4v) is 15.4. The van der Waals surface area contributed by atoms with Gasteiger partial charge in [0.2, 0.25) is 11.8 Å². The van der Waals surface area contributed by atoms with E-state index in [1.807, 2.05) is 14.1 Å². The number of rotatable bonds is 38. The van der Waals surface area contributed by atoms with Crippen molar-refractivity contribution in [2.45, 2.75) is 185 Å². The minimum absolute atomic E-state index is 0. The molecule has 0 aromatic carbocycles. The van der Waals surface area contributed by atoms with Crippen LogP contribution in [0.2, 0.25) is 0 Å². The number of amides is 2. The van der Waals surface area contributed by atoms with Crippen molar-refractivity contribution in [1.82, 2.24) is 20.4 Å². The fraction of sp³-hybridized carbons (Fsp3) is 0.839. The zero-order valence-corrected chi connectivity index (χ0v) is 62.1. The summed E-state index contributed by atoms with van der Waals surface area (Å²) in [5.41, 5.74) is 1.98. The Labute approximate surface area is 597 Å². The molecule has 6 unspecified atom stereocenters. The predicted molar refractivity (Wildman–Crippen MR) is 327 cm³/mol. The standard InChI is InChI=1S/C62H109N9O9S2.2K/c1-61(2)53-48-51(81-80-79-74)30-32-55(53)68(39-20-13-17-28-59(72)65-36-23-38-67(5)6)57(61)26-15-12-16-27-58-62(3,4)54-49-52(82(75,76)77)31-33-56(54)69(58)40-21-14-18-29-60(73)66-37-25-42-70(7,8)41-22-11-10-19-34-63-50-64-35-24-43-71(9)44-46-78-47-45-71;;/h12,15-16,26-27,51-56H,10-11,13-14,17-25,28-49H2,1-9H3,(H-3,65,66,72,73,74,75,76,77);;/q;2*+1/p+1. The molecule has 468 valence electrons. The van der Waals surface area contributed by atoms with Gasteiger partial charge in [-0.1, -0.05) is 44.9 Å². The number of morpholine rings is 1. The van der Waals surface area contributed by atoms with E-state index in [0.717, 1.165) is 190 Å². The SMILES string of the molecule is CN(C)CCCNC(=O)CCCCC[N+]1=C(/C=C/C=C/C=C2\N(CCCCCC(=O)NCCC[N+](C)(C)CCCCCCN=C=NCCC[N+]3(C)CCOCC3)C3CCC(S(=O)(=O)[O-])CC3C2(C)C)C(C)(C)C2CC(SOO[O-])CCC21.[K+].[K+]. The number of carbonyl (C=O) groups excluding carboxylic acids is 2. The molecule has 2 N–H and O–H groups in total. The van der Waals surface area contributed by atoms with Gasteiger partial charge in [-0.05, 0) is 130 Å². The van der Waals surface area contributed by atoms with Gasteiger partial charge < -0.3 is 43.9 Å². The summed E-state index contributed by atoms with van der Waals surface area (Å²) in [5, 5.41) is 20.0. The molecule has 2 aliphatic carbocycles. The molecule has 0 bridgehead atoms. The van der Waals surface area contributed by atoms with E-state index in [2.05, 4.69) is 125 Å². The number of fused-ring (bicyclic) bond motifs is 2. The van der Waals surface area contributed by atoms with Crippen LogP contribution in [0.4, 0.5) is 0 Å². The number of allylic oxidation sites excluding steroid dienone is 6. The van der Waals surface area contributed by atoms with Crippen molar-refractivity contribution in [2.75, 3.05) is 127 Å². The number of likely N-dealkylation sites (N-methyl/N-ethyl adjacent to an activating group) is 1. The third-order valence-corrected chi connectivity index (χ3v) is 21.0. The molecular formula is C62H110K2N9O9S2+3. The van der Waals surface area contributed by atoms with Crippen molar-refractivity contribution in [3.05, 3.63) is 36.1 Å². The maximum absolute atomic E-state index is 13.0. The number of likely N-dealkylation sites (tertiary alicyclic amines) is 1. The summed E-state index contributed by atoms with van der Waals surface area (Å²) in [7, 11) is 6.55. The Morgan fingerprint density at radius 1 is 0.821 bits per heavy atom. The smallest absolute Gasteiger partial charge is 0.748 e. The normalized spacial score (nSPS) is 24.2. The summed E-state index contributed by atoms with van der Waals surface area (Å²) in [6.45, 7) is 21.8. The van der Waals surface area contributed by atoms with Gasteiger partial charge >= 0.3 is 103 Å². The molecule has 2 amide bonds. The first-order valence-electron chi connectivity index (χ1n) is 31.6. The Morgan fingerprint density at radius 2 is 1.46 bits per heavy atom. The van der Waals surface area contributed by atoms with Crippen molar-refractivity contribution in [1.29, 1.82) is 0 Å². The molecule has 84 heavy (non-hydrogen) atoms. The van der Waals surface area contributed by atoms with E-state index in [1.165, 1.54) is 24.3 Å². The van der Waals surface area contributed by atoms with E-state index < -0.39 is 15.4 Å². The molecule has 2 saturated carbocycles. The van der Waals surface area contributed by atoms with E-state index >= 15 is 0 Å². The first-order chi connectivity index (χ1) is 39.1. The van der Waals surface area contributed by atoms with Gasteiger partial charge in [0.05, 0.1) is 82.1 Å². The zero-order valence-electron chi connectivity index (χ0n) is 54.2. The van der Waals surface area contributed by atoms with Crippen molar-refractivity contribution < 1.29 is 158 Å². The first-order valence-corrected chi connectivity index (χ1v) is 33.9. The summed E-state index contributed by atoms with van der Waals surface area (Å²) in [6.07, 6.45) is 29.0. The van der Waals surface area contributed by atoms with Crippen LogP contribution in [0.3, 0.4) is 0 Å². The van der Waals surface area contributed by atoms with Crippen LogP contribution >= 0.6 is 12.0 Å². The van der Waals surface area contributed by atoms with Crippen molar-refractivity contribution >= 4 is 45.7 Å². The molecule has 3 heterocycles. The Morgan fingerprint density at radius 3 is 2.14 bits per heavy atom. The number of aliphatic imine (C=N–C) groups is 2. The van der Waals surface area contributed by atoms with Gasteiger partial charge in [0.15, 0.2) is 11.8 Å². The van der Waals surface area contributed by atoms with Crippen LogP contribution in [0, 0.1) is 22.7 Å². The van der Waals surface area contributed by atoms with Gasteiger partial charge in [-0.25, -0.2) is 23.0 Å². The monoisotopic (exact) mass is 1270 g/mol. The van der Waals surface area contributed by atoms with Crippen LogP contribution in [0.5, 0.6) is 0 Å². The van der Waals surface area contributed by atoms with Gasteiger partial charge in [0.25, 0.3) is 0 Å². The number of nitrogens with zero attached hydrogens (tertiary/aromatic N) is 7. The number of nitrogens with one attached hydrogen (secondary N) is 2. The summed E-state index contributed by atoms with van der Waals surface area (Å²) >= 11 is 1.14. The number of hydrogen-bond donors (Lipinski definition) is 2. The van der Waals surface area contributed by atoms with Gasteiger partial charge in [-0.2, -0.15) is 4.33 Å². The number of unbranched alkanes of at least 4 members (excludes halogenated alkanes) is 7. The van der Waals surface area contributed by atoms with Crippen molar-refractivity contribution in [2.24, 2.45) is 32.7 Å². The molecule has 0 spiro atoms. The average molecular weight is 1270 g/mol. The van der Waals surface area contributed by atoms with E-state index in [9.17, 15) is 27.8 Å². The average Bonchev–Trinajstić information content (AvgIpc) is 3.83. The maximum Gasteiger partial charge on any atom is 1.00 e. The van der Waals surface area contributed by atoms with Gasteiger partial charge in [0.1, 0.15) is 19.6 Å². The molecule has 4 fully saturated rings. The van der Waals surface area contributed by atoms with Gasteiger partial charge in [-0.15, -0.1) is 0 Å². The molecule has 22 heteroatoms. The second kappa shape index (κ2) is 40.3. The van der Waals surface area contributed by atoms with E-state index in [0.29, 0.717) is 57.2 Å². The first kappa shape index (κ1) is 78.5. The maximum atomic E-state index is 13.0. The van der Waals surface area contributed by atoms with Crippen LogP contribution in [-0.2, 0) is 33.8 Å². The van der Waals surface area contributed by atoms with Gasteiger partial charge in [-0.3, -0.25) is 14.6 Å². The second-order valence-corrected chi connectivity index (χ2v) is 29.4. The van der Waals surface area contributed by atoms with Crippen LogP contribution < -0.4 is 119 Å². The van der Waals surface area contributed by atoms with Crippen molar-refractivity contribution in [3.8, 4) is 0 Å². The molecule has 0 aromatic heterocycles. The number of hydrogen-bond acceptors (Lipinski definition) is 14. The fourth-order valence-electron chi connectivity index (χ4n) is 13.9. The van der Waals surface area contributed by atoms with Crippen LogP contribution in [0.1, 0.15) is 163 Å². The number of quaternary nitrogens is 2. The van der Waals surface area contributed by atoms with E-state index in [-0.39, 0.29) is 143 Å². The predicted octanol–water partition coefficient (Wildman–Crippen LogP) is 1.69. The molecule has 0 aromatic rings. The van der Waals surface area contributed by atoms with Gasteiger partial charge in [0, 0.05) is 116 Å². The quantitative estimate of drug-likeness (QED) is 0.00869. The summed E-state index contributed by atoms with van der Waals surface area (Å²) in [5.74, 6) is 0.621. The largest absolute Gasteiger partial charge is 1.00 e. The second-order valence-electron chi connectivity index (χ2n) is 26.7. The third kappa shape index (κ3) is 26.8. The van der Waals surface area contributed by atoms with Crippen LogP contribution in [0.25, 0.3) is 0 Å². The Kier molecular flexibility index (Phi) is 37.7. The molecule has 0 radical (unpaired) electrons. The minimum Gasteiger partial charge on any atom is -0.748 e. The molecule has 18 nitrogen and oxygen atoms in total. The molecular weight excluding hydrogens is 1160 g/mol. The van der Waals surface area contributed by atoms with Crippen LogP contribution in [0.15, 0.2) is 46.1 Å². The summed E-state index contributed by atoms with van der Waals surface area (Å²) < 4.78 is 52.0. The van der Waals surface area contributed by atoms with E-state index in [1.54, 1.807) is 0 Å². The zero-order chi connectivity index (χ0) is 59.7. The molecule has 5 aliphatic rings. The Balaban J connectivity index is 0.00000924.